The molecule has 0 bridgehead atoms. The second-order valence-corrected chi connectivity index (χ2v) is 5.75. The van der Waals surface area contributed by atoms with Crippen molar-refractivity contribution in [2.45, 2.75) is 39.8 Å². The molecule has 0 spiro atoms. The van der Waals surface area contributed by atoms with E-state index >= 15 is 0 Å². The van der Waals surface area contributed by atoms with E-state index in [0.29, 0.717) is 6.54 Å². The molecule has 0 aliphatic carbocycles. The number of aryl methyl sites for hydroxylation is 1. The Hall–Kier alpha value is -2.10. The molecule has 1 rings (SSSR count). The molecule has 1 aromatic rings. The Bertz CT molecular complexity index is 510. The van der Waals surface area contributed by atoms with Gasteiger partial charge in [-0.3, -0.25) is 4.79 Å². The Kier molecular flexibility index (Phi) is 5.08. The molecule has 0 aromatic heterocycles. The minimum Gasteiger partial charge on any atom is -0.478 e. The second-order valence-electron chi connectivity index (χ2n) is 5.75. The lowest BCUT2D eigenvalue weighted by atomic mass is 10.0. The number of carbonyl (C=O) groups excluding carboxylic acids is 1. The van der Waals surface area contributed by atoms with Gasteiger partial charge in [-0.25, -0.2) is 4.79 Å². The van der Waals surface area contributed by atoms with Crippen LogP contribution in [0.15, 0.2) is 36.4 Å². The fourth-order valence-corrected chi connectivity index (χ4v) is 1.75. The Morgan fingerprint density at radius 3 is 2.15 bits per heavy atom. The van der Waals surface area contributed by atoms with Gasteiger partial charge in [0.05, 0.1) is 0 Å². The van der Waals surface area contributed by atoms with Gasteiger partial charge < -0.3 is 10.0 Å². The Morgan fingerprint density at radius 2 is 1.70 bits per heavy atom. The molecule has 1 aromatic carbocycles. The maximum Gasteiger partial charge on any atom is 0.328 e. The van der Waals surface area contributed by atoms with Gasteiger partial charge in [-0.05, 0) is 33.3 Å². The van der Waals surface area contributed by atoms with Gasteiger partial charge in [0.25, 0.3) is 0 Å². The number of benzene rings is 1. The molecule has 20 heavy (non-hydrogen) atoms. The molecule has 0 saturated carbocycles. The Morgan fingerprint density at radius 1 is 1.15 bits per heavy atom. The highest BCUT2D eigenvalue weighted by Crippen LogP contribution is 2.18. The van der Waals surface area contributed by atoms with Gasteiger partial charge in [-0.1, -0.05) is 29.8 Å². The summed E-state index contributed by atoms with van der Waals surface area (Å²) in [6, 6.07) is 7.94. The van der Waals surface area contributed by atoms with Crippen LogP contribution in [0.1, 0.15) is 31.9 Å². The third-order valence-corrected chi connectivity index (χ3v) is 2.91. The minimum atomic E-state index is -1.12. The molecular formula is C16H21NO3. The van der Waals surface area contributed by atoms with Crippen LogP contribution < -0.4 is 0 Å². The number of hydrogen-bond donors (Lipinski definition) is 1. The van der Waals surface area contributed by atoms with Gasteiger partial charge in [0, 0.05) is 24.2 Å². The van der Waals surface area contributed by atoms with Crippen LogP contribution in [0.4, 0.5) is 0 Å². The zero-order chi connectivity index (χ0) is 15.3. The van der Waals surface area contributed by atoms with E-state index in [0.717, 1.165) is 23.3 Å². The normalized spacial score (nSPS) is 11.6. The first-order chi connectivity index (χ1) is 9.20. The van der Waals surface area contributed by atoms with Crippen molar-refractivity contribution < 1.29 is 14.7 Å². The molecule has 108 valence electrons. The molecule has 1 amide bonds. The quantitative estimate of drug-likeness (QED) is 0.860. The molecule has 4 nitrogen and oxygen atoms in total. The largest absolute Gasteiger partial charge is 0.478 e. The monoisotopic (exact) mass is 275 g/mol. The molecule has 4 heteroatoms. The van der Waals surface area contributed by atoms with Gasteiger partial charge >= 0.3 is 5.97 Å². The van der Waals surface area contributed by atoms with Crippen LogP contribution in [0, 0.1) is 6.92 Å². The number of nitrogens with zero attached hydrogens (tertiary/aromatic N) is 1. The van der Waals surface area contributed by atoms with Crippen LogP contribution >= 0.6 is 0 Å². The smallest absolute Gasteiger partial charge is 0.328 e. The van der Waals surface area contributed by atoms with Crippen LogP contribution in [0.2, 0.25) is 0 Å². The van der Waals surface area contributed by atoms with Crippen molar-refractivity contribution in [3.63, 3.8) is 0 Å². The summed E-state index contributed by atoms with van der Waals surface area (Å²) >= 11 is 0. The van der Waals surface area contributed by atoms with Gasteiger partial charge in [0.2, 0.25) is 5.91 Å². The average molecular weight is 275 g/mol. The predicted octanol–water partition coefficient (Wildman–Crippen LogP) is 2.76. The molecular weight excluding hydrogens is 254 g/mol. The first-order valence-corrected chi connectivity index (χ1v) is 6.48. The highest BCUT2D eigenvalue weighted by atomic mass is 16.4. The van der Waals surface area contributed by atoms with E-state index < -0.39 is 5.97 Å². The summed E-state index contributed by atoms with van der Waals surface area (Å²) < 4.78 is 0. The summed E-state index contributed by atoms with van der Waals surface area (Å²) in [5.74, 6) is -1.43. The maximum absolute atomic E-state index is 12.1. The van der Waals surface area contributed by atoms with E-state index in [1.807, 2.05) is 52.0 Å². The van der Waals surface area contributed by atoms with E-state index in [1.165, 1.54) is 0 Å². The minimum absolute atomic E-state index is 0.305. The molecule has 0 heterocycles. The van der Waals surface area contributed by atoms with Crippen molar-refractivity contribution >= 4 is 11.9 Å². The summed E-state index contributed by atoms with van der Waals surface area (Å²) in [5.41, 5.74) is 1.79. The van der Waals surface area contributed by atoms with Crippen molar-refractivity contribution in [1.29, 1.82) is 0 Å². The number of carboxylic acid groups (broad SMARTS) is 1. The molecule has 0 atom stereocenters. The molecule has 0 saturated heterocycles. The summed E-state index contributed by atoms with van der Waals surface area (Å²) in [4.78, 5) is 24.3. The van der Waals surface area contributed by atoms with Gasteiger partial charge in [-0.2, -0.15) is 0 Å². The fraction of sp³-hybridized carbons (Fsp3) is 0.375. The summed E-state index contributed by atoms with van der Waals surface area (Å²) in [5, 5.41) is 8.61. The maximum atomic E-state index is 12.1. The Labute approximate surface area is 119 Å². The zero-order valence-corrected chi connectivity index (χ0v) is 12.4. The van der Waals surface area contributed by atoms with Crippen LogP contribution in [-0.4, -0.2) is 27.4 Å². The molecule has 0 aliphatic rings. The van der Waals surface area contributed by atoms with E-state index in [9.17, 15) is 9.59 Å². The molecule has 0 unspecified atom stereocenters. The lowest BCUT2D eigenvalue weighted by Crippen LogP contribution is -2.44. The van der Waals surface area contributed by atoms with Crippen molar-refractivity contribution in [2.75, 3.05) is 0 Å². The fourth-order valence-electron chi connectivity index (χ4n) is 1.75. The number of carboxylic acids is 1. The lowest BCUT2D eigenvalue weighted by molar-refractivity contribution is -0.134. The standard InChI is InChI=1S/C16H21NO3/c1-12-5-7-13(8-6-12)11-17(16(2,3)4)14(18)9-10-15(19)20/h5-10H,11H2,1-4H3,(H,19,20)/b10-9-. The predicted molar refractivity (Wildman–Crippen MR) is 78.3 cm³/mol. The molecule has 0 radical (unpaired) electrons. The summed E-state index contributed by atoms with van der Waals surface area (Å²) in [6.45, 7) is 8.23. The first kappa shape index (κ1) is 16.0. The lowest BCUT2D eigenvalue weighted by Gasteiger charge is -2.35. The van der Waals surface area contributed by atoms with Crippen molar-refractivity contribution in [3.8, 4) is 0 Å². The topological polar surface area (TPSA) is 57.6 Å². The second kappa shape index (κ2) is 6.37. The third-order valence-electron chi connectivity index (χ3n) is 2.91. The van der Waals surface area contributed by atoms with Crippen LogP contribution in [0.25, 0.3) is 0 Å². The van der Waals surface area contributed by atoms with Crippen LogP contribution in [0.5, 0.6) is 0 Å². The van der Waals surface area contributed by atoms with Gasteiger partial charge in [0.1, 0.15) is 0 Å². The molecule has 1 N–H and O–H groups in total. The summed E-state index contributed by atoms with van der Waals surface area (Å²) in [7, 11) is 0. The van der Waals surface area contributed by atoms with Crippen molar-refractivity contribution in [1.82, 2.24) is 4.90 Å². The van der Waals surface area contributed by atoms with Crippen molar-refractivity contribution in [3.05, 3.63) is 47.5 Å². The average Bonchev–Trinajstić information content (AvgIpc) is 2.33. The first-order valence-electron chi connectivity index (χ1n) is 6.48. The number of rotatable bonds is 4. The number of aliphatic carboxylic acids is 1. The summed E-state index contributed by atoms with van der Waals surface area (Å²) in [6.07, 6.45) is 1.97. The van der Waals surface area contributed by atoms with E-state index in [2.05, 4.69) is 0 Å². The molecule has 0 fully saturated rings. The third kappa shape index (κ3) is 4.88. The number of hydrogen-bond acceptors (Lipinski definition) is 2. The SMILES string of the molecule is Cc1ccc(CN(C(=O)/C=C\C(=O)O)C(C)(C)C)cc1. The Balaban J connectivity index is 2.93. The zero-order valence-electron chi connectivity index (χ0n) is 12.4. The van der Waals surface area contributed by atoms with Crippen LogP contribution in [-0.2, 0) is 16.1 Å². The van der Waals surface area contributed by atoms with Gasteiger partial charge in [0.15, 0.2) is 0 Å². The van der Waals surface area contributed by atoms with Crippen molar-refractivity contribution in [2.24, 2.45) is 0 Å². The van der Waals surface area contributed by atoms with E-state index in [-0.39, 0.29) is 11.4 Å². The number of amides is 1. The van der Waals surface area contributed by atoms with E-state index in [4.69, 9.17) is 5.11 Å². The van der Waals surface area contributed by atoms with Crippen LogP contribution in [0.3, 0.4) is 0 Å². The molecule has 0 aliphatic heterocycles. The highest BCUT2D eigenvalue weighted by Gasteiger charge is 2.25. The van der Waals surface area contributed by atoms with Gasteiger partial charge in [-0.15, -0.1) is 0 Å². The highest BCUT2D eigenvalue weighted by molar-refractivity contribution is 5.94. The number of carbonyl (C=O) groups is 2. The van der Waals surface area contributed by atoms with E-state index in [1.54, 1.807) is 4.90 Å².